The average Bonchev–Trinajstić information content (AvgIpc) is 3.40. The van der Waals surface area contributed by atoms with E-state index in [9.17, 15) is 9.59 Å². The number of hydrogen-bond donors (Lipinski definition) is 0. The fourth-order valence-corrected chi connectivity index (χ4v) is 3.33. The largest absolute Gasteiger partial charge is 0.457 e. The molecule has 1 aliphatic heterocycles. The summed E-state index contributed by atoms with van der Waals surface area (Å²) in [6.07, 6.45) is 1.40. The maximum atomic E-state index is 12.6. The number of aryl methyl sites for hydroxylation is 1. The van der Waals surface area contributed by atoms with Gasteiger partial charge in [0.2, 0.25) is 12.6 Å². The summed E-state index contributed by atoms with van der Waals surface area (Å²) in [5.41, 5.74) is 1.70. The van der Waals surface area contributed by atoms with Crippen LogP contribution < -0.4 is 19.8 Å². The third-order valence-electron chi connectivity index (χ3n) is 4.73. The van der Waals surface area contributed by atoms with Crippen molar-refractivity contribution in [2.24, 2.45) is 0 Å². The number of rotatable bonds is 3. The van der Waals surface area contributed by atoms with Crippen molar-refractivity contribution in [3.8, 4) is 28.4 Å². The summed E-state index contributed by atoms with van der Waals surface area (Å²) in [7, 11) is 0. The second-order valence-electron chi connectivity index (χ2n) is 6.48. The van der Waals surface area contributed by atoms with Crippen molar-refractivity contribution in [1.29, 1.82) is 0 Å². The van der Waals surface area contributed by atoms with Crippen LogP contribution in [0, 0.1) is 6.92 Å². The van der Waals surface area contributed by atoms with Gasteiger partial charge in [0.15, 0.2) is 11.5 Å². The van der Waals surface area contributed by atoms with Gasteiger partial charge in [0, 0.05) is 5.39 Å². The Morgan fingerprint density at radius 3 is 2.72 bits per heavy atom. The molecule has 0 radical (unpaired) electrons. The lowest BCUT2D eigenvalue weighted by molar-refractivity contribution is 0.0701. The molecule has 0 spiro atoms. The third-order valence-corrected chi connectivity index (χ3v) is 4.73. The van der Waals surface area contributed by atoms with Crippen LogP contribution in [0.3, 0.4) is 0 Å². The van der Waals surface area contributed by atoms with Crippen LogP contribution in [0.1, 0.15) is 16.1 Å². The Bertz CT molecular complexity index is 1300. The van der Waals surface area contributed by atoms with E-state index in [1.807, 2.05) is 6.92 Å². The highest BCUT2D eigenvalue weighted by Crippen LogP contribution is 2.37. The van der Waals surface area contributed by atoms with Gasteiger partial charge in [0.25, 0.3) is 0 Å². The first kappa shape index (κ1) is 17.1. The smallest absolute Gasteiger partial charge is 0.379 e. The van der Waals surface area contributed by atoms with Gasteiger partial charge < -0.3 is 23.0 Å². The van der Waals surface area contributed by atoms with Gasteiger partial charge in [0.05, 0.1) is 11.8 Å². The van der Waals surface area contributed by atoms with Crippen molar-refractivity contribution in [1.82, 2.24) is 0 Å². The second kappa shape index (κ2) is 6.56. The van der Waals surface area contributed by atoms with Crippen LogP contribution in [0.4, 0.5) is 0 Å². The average molecular weight is 390 g/mol. The molecule has 0 saturated carbocycles. The number of furan rings is 1. The maximum Gasteiger partial charge on any atom is 0.379 e. The van der Waals surface area contributed by atoms with Gasteiger partial charge in [0.1, 0.15) is 11.3 Å². The molecule has 5 rings (SSSR count). The molecule has 3 heterocycles. The SMILES string of the molecule is Cc1c(-c2ccc3c(c2)OCO3)c(=O)oc2ccc(OC(=O)c3ccco3)cc12. The van der Waals surface area contributed by atoms with E-state index in [2.05, 4.69) is 0 Å². The topological polar surface area (TPSA) is 88.1 Å². The number of esters is 1. The fourth-order valence-electron chi connectivity index (χ4n) is 3.33. The molecule has 1 aliphatic rings. The summed E-state index contributed by atoms with van der Waals surface area (Å²) in [5, 5.41) is 0.655. The Hall–Kier alpha value is -4.00. The number of hydrogen-bond acceptors (Lipinski definition) is 7. The van der Waals surface area contributed by atoms with Gasteiger partial charge in [-0.25, -0.2) is 9.59 Å². The van der Waals surface area contributed by atoms with Crippen molar-refractivity contribution < 1.29 is 27.8 Å². The van der Waals surface area contributed by atoms with Crippen LogP contribution >= 0.6 is 0 Å². The molecule has 4 aromatic rings. The van der Waals surface area contributed by atoms with Crippen LogP contribution in [0.15, 0.2) is 68.4 Å². The van der Waals surface area contributed by atoms with Crippen LogP contribution in [0.2, 0.25) is 0 Å². The minimum absolute atomic E-state index is 0.0995. The van der Waals surface area contributed by atoms with E-state index < -0.39 is 11.6 Å². The molecule has 0 unspecified atom stereocenters. The predicted molar refractivity (Wildman–Crippen MR) is 102 cm³/mol. The molecule has 0 amide bonds. The Kier molecular flexibility index (Phi) is 3.87. The molecule has 0 N–H and O–H groups in total. The number of carbonyl (C=O) groups excluding carboxylic acids is 1. The lowest BCUT2D eigenvalue weighted by atomic mass is 9.99. The minimum Gasteiger partial charge on any atom is -0.457 e. The molecule has 144 valence electrons. The van der Waals surface area contributed by atoms with Crippen LogP contribution in [-0.2, 0) is 0 Å². The molecule has 0 bridgehead atoms. The van der Waals surface area contributed by atoms with Crippen molar-refractivity contribution >= 4 is 16.9 Å². The highest BCUT2D eigenvalue weighted by molar-refractivity contribution is 5.91. The van der Waals surface area contributed by atoms with Gasteiger partial charge in [-0.05, 0) is 60.5 Å². The van der Waals surface area contributed by atoms with Crippen molar-refractivity contribution in [2.45, 2.75) is 6.92 Å². The van der Waals surface area contributed by atoms with E-state index in [0.717, 1.165) is 0 Å². The molecule has 0 saturated heterocycles. The van der Waals surface area contributed by atoms with Crippen molar-refractivity contribution in [2.75, 3.05) is 6.79 Å². The van der Waals surface area contributed by atoms with E-state index in [-0.39, 0.29) is 12.6 Å². The summed E-state index contributed by atoms with van der Waals surface area (Å²) >= 11 is 0. The van der Waals surface area contributed by atoms with Crippen LogP contribution in [-0.4, -0.2) is 12.8 Å². The number of fused-ring (bicyclic) bond motifs is 2. The second-order valence-corrected chi connectivity index (χ2v) is 6.48. The lowest BCUT2D eigenvalue weighted by Crippen LogP contribution is -2.08. The third kappa shape index (κ3) is 2.93. The molecule has 29 heavy (non-hydrogen) atoms. The Morgan fingerprint density at radius 1 is 1.03 bits per heavy atom. The number of carbonyl (C=O) groups is 1. The van der Waals surface area contributed by atoms with E-state index >= 15 is 0 Å². The summed E-state index contributed by atoms with van der Waals surface area (Å²) in [6.45, 7) is 1.96. The van der Waals surface area contributed by atoms with Crippen LogP contribution in [0.25, 0.3) is 22.1 Å². The maximum absolute atomic E-state index is 12.6. The van der Waals surface area contributed by atoms with Gasteiger partial charge in [-0.15, -0.1) is 0 Å². The highest BCUT2D eigenvalue weighted by atomic mass is 16.7. The molecule has 2 aromatic carbocycles. The first-order valence-corrected chi connectivity index (χ1v) is 8.83. The van der Waals surface area contributed by atoms with E-state index in [1.165, 1.54) is 12.3 Å². The minimum atomic E-state index is -0.611. The first-order chi connectivity index (χ1) is 14.1. The molecule has 0 aliphatic carbocycles. The van der Waals surface area contributed by atoms with E-state index in [1.54, 1.807) is 42.5 Å². The zero-order valence-electron chi connectivity index (χ0n) is 15.3. The normalized spacial score (nSPS) is 12.3. The molecule has 7 nitrogen and oxygen atoms in total. The zero-order valence-corrected chi connectivity index (χ0v) is 15.3. The van der Waals surface area contributed by atoms with Crippen molar-refractivity contribution in [3.05, 3.63) is 76.5 Å². The Morgan fingerprint density at radius 2 is 1.90 bits per heavy atom. The van der Waals surface area contributed by atoms with Crippen molar-refractivity contribution in [3.63, 3.8) is 0 Å². The lowest BCUT2D eigenvalue weighted by Gasteiger charge is -2.10. The summed E-state index contributed by atoms with van der Waals surface area (Å²) in [6, 6.07) is 13.2. The predicted octanol–water partition coefficient (Wildman–Crippen LogP) is 4.31. The molecule has 7 heteroatoms. The number of benzene rings is 2. The van der Waals surface area contributed by atoms with Gasteiger partial charge >= 0.3 is 11.6 Å². The zero-order chi connectivity index (χ0) is 20.0. The highest BCUT2D eigenvalue weighted by Gasteiger charge is 2.19. The van der Waals surface area contributed by atoms with E-state index in [0.29, 0.717) is 44.9 Å². The summed E-state index contributed by atoms with van der Waals surface area (Å²) < 4.78 is 26.6. The molecule has 2 aromatic heterocycles. The van der Waals surface area contributed by atoms with Gasteiger partial charge in [-0.3, -0.25) is 0 Å². The molecule has 0 atom stereocenters. The first-order valence-electron chi connectivity index (χ1n) is 8.83. The summed E-state index contributed by atoms with van der Waals surface area (Å²) in [5.74, 6) is 1.00. The van der Waals surface area contributed by atoms with Gasteiger partial charge in [-0.2, -0.15) is 0 Å². The fraction of sp³-hybridized carbons (Fsp3) is 0.0909. The van der Waals surface area contributed by atoms with Crippen LogP contribution in [0.5, 0.6) is 17.2 Å². The molecular weight excluding hydrogens is 376 g/mol. The standard InChI is InChI=1S/C22H14O7/c1-12-15-10-14(28-21(23)18-3-2-8-25-18)5-7-16(15)29-22(24)20(12)13-4-6-17-19(9-13)27-11-26-17/h2-10H,11H2,1H3. The van der Waals surface area contributed by atoms with Gasteiger partial charge in [-0.1, -0.05) is 6.07 Å². The monoisotopic (exact) mass is 390 g/mol. The Labute approximate surface area is 164 Å². The molecular formula is C22H14O7. The number of ether oxygens (including phenoxy) is 3. The van der Waals surface area contributed by atoms with E-state index in [4.69, 9.17) is 23.0 Å². The Balaban J connectivity index is 1.59. The quantitative estimate of drug-likeness (QED) is 0.293. The summed E-state index contributed by atoms with van der Waals surface area (Å²) in [4.78, 5) is 24.8. The molecule has 0 fully saturated rings.